The molecule has 0 fully saturated rings. The number of aromatic nitrogens is 1. The third kappa shape index (κ3) is 2.75. The molecule has 1 heterocycles. The minimum Gasteiger partial charge on any atom is -0.247 e. The third-order valence-corrected chi connectivity index (χ3v) is 3.96. The summed E-state index contributed by atoms with van der Waals surface area (Å²) in [5, 5.41) is 1.24. The lowest BCUT2D eigenvalue weighted by Crippen LogP contribution is -1.84. The van der Waals surface area contributed by atoms with Crippen LogP contribution in [0.4, 0.5) is 4.39 Å². The van der Waals surface area contributed by atoms with E-state index in [0.29, 0.717) is 14.9 Å². The largest absolute Gasteiger partial charge is 0.247 e. The fourth-order valence-electron chi connectivity index (χ4n) is 1.11. The summed E-state index contributed by atoms with van der Waals surface area (Å²) < 4.78 is 14.2. The highest BCUT2D eigenvalue weighted by Gasteiger charge is 2.07. The fraction of sp³-hybridized carbons (Fsp3) is 0. The molecule has 0 N–H and O–H groups in total. The van der Waals surface area contributed by atoms with Crippen molar-refractivity contribution in [1.82, 2.24) is 4.98 Å². The van der Waals surface area contributed by atoms with Crippen molar-refractivity contribution in [3.05, 3.63) is 51.8 Å². The summed E-state index contributed by atoms with van der Waals surface area (Å²) in [6, 6.07) is 8.31. The van der Waals surface area contributed by atoms with Crippen molar-refractivity contribution in [3.63, 3.8) is 0 Å². The predicted octanol–water partition coefficient (Wildman–Crippen LogP) is 4.79. The molecule has 1 aromatic heterocycles. The molecule has 82 valence electrons. The second-order valence-electron chi connectivity index (χ2n) is 2.97. The highest BCUT2D eigenvalue weighted by Crippen LogP contribution is 2.34. The molecule has 0 saturated carbocycles. The van der Waals surface area contributed by atoms with E-state index >= 15 is 0 Å². The molecule has 0 amide bonds. The summed E-state index contributed by atoms with van der Waals surface area (Å²) in [4.78, 5) is 4.67. The average molecular weight is 319 g/mol. The summed E-state index contributed by atoms with van der Waals surface area (Å²) in [7, 11) is 0. The monoisotopic (exact) mass is 317 g/mol. The number of benzene rings is 1. The Morgan fingerprint density at radius 1 is 1.31 bits per heavy atom. The van der Waals surface area contributed by atoms with Gasteiger partial charge in [-0.3, -0.25) is 0 Å². The number of hydrogen-bond donors (Lipinski definition) is 0. The Kier molecular flexibility index (Phi) is 3.84. The second-order valence-corrected chi connectivity index (χ2v) is 5.29. The molecule has 0 unspecified atom stereocenters. The van der Waals surface area contributed by atoms with E-state index < -0.39 is 0 Å². The zero-order valence-corrected chi connectivity index (χ0v) is 11.1. The van der Waals surface area contributed by atoms with Crippen LogP contribution in [0.15, 0.2) is 50.9 Å². The highest BCUT2D eigenvalue weighted by molar-refractivity contribution is 9.10. The summed E-state index contributed by atoms with van der Waals surface area (Å²) >= 11 is 10.4. The maximum atomic E-state index is 13.4. The van der Waals surface area contributed by atoms with E-state index in [-0.39, 0.29) is 5.82 Å². The predicted molar refractivity (Wildman–Crippen MR) is 67.5 cm³/mol. The molecular formula is C11H6BrClFNS. The summed E-state index contributed by atoms with van der Waals surface area (Å²) in [5.41, 5.74) is 0. The van der Waals surface area contributed by atoms with Crippen LogP contribution >= 0.6 is 39.3 Å². The molecular weight excluding hydrogens is 313 g/mol. The van der Waals surface area contributed by atoms with E-state index in [1.54, 1.807) is 24.3 Å². The number of halogens is 3. The Hall–Kier alpha value is -0.580. The minimum absolute atomic E-state index is 0.254. The Morgan fingerprint density at radius 2 is 2.06 bits per heavy atom. The quantitative estimate of drug-likeness (QED) is 0.790. The normalized spacial score (nSPS) is 10.4. The van der Waals surface area contributed by atoms with Gasteiger partial charge in [-0.1, -0.05) is 35.5 Å². The van der Waals surface area contributed by atoms with E-state index in [2.05, 4.69) is 20.9 Å². The zero-order valence-electron chi connectivity index (χ0n) is 7.95. The van der Waals surface area contributed by atoms with Gasteiger partial charge in [0.05, 0.1) is 9.50 Å². The van der Waals surface area contributed by atoms with Crippen LogP contribution in [0.25, 0.3) is 0 Å². The first-order valence-electron chi connectivity index (χ1n) is 4.40. The van der Waals surface area contributed by atoms with Gasteiger partial charge in [-0.05, 0) is 34.1 Å². The number of rotatable bonds is 2. The summed E-state index contributed by atoms with van der Waals surface area (Å²) in [6.45, 7) is 0. The molecule has 5 heteroatoms. The molecule has 0 aliphatic carbocycles. The minimum atomic E-state index is -0.254. The van der Waals surface area contributed by atoms with E-state index in [1.165, 1.54) is 24.0 Å². The molecule has 0 aliphatic heterocycles. The maximum absolute atomic E-state index is 13.4. The Labute approximate surface area is 110 Å². The van der Waals surface area contributed by atoms with Crippen molar-refractivity contribution in [2.24, 2.45) is 0 Å². The van der Waals surface area contributed by atoms with Crippen LogP contribution < -0.4 is 0 Å². The van der Waals surface area contributed by atoms with Crippen LogP contribution in [0.5, 0.6) is 0 Å². The van der Waals surface area contributed by atoms with Crippen LogP contribution in [-0.4, -0.2) is 4.98 Å². The third-order valence-electron chi connectivity index (χ3n) is 1.82. The number of nitrogens with zero attached hydrogens (tertiary/aromatic N) is 1. The lowest BCUT2D eigenvalue weighted by molar-refractivity contribution is 0.602. The molecule has 1 aromatic carbocycles. The molecule has 0 bridgehead atoms. The first-order valence-corrected chi connectivity index (χ1v) is 6.39. The van der Waals surface area contributed by atoms with Gasteiger partial charge in [-0.2, -0.15) is 0 Å². The van der Waals surface area contributed by atoms with Gasteiger partial charge in [-0.25, -0.2) is 9.37 Å². The maximum Gasteiger partial charge on any atom is 0.137 e. The second kappa shape index (κ2) is 5.17. The van der Waals surface area contributed by atoms with Crippen molar-refractivity contribution in [3.8, 4) is 0 Å². The van der Waals surface area contributed by atoms with E-state index in [1.807, 2.05) is 0 Å². The van der Waals surface area contributed by atoms with Crippen LogP contribution in [0.3, 0.4) is 0 Å². The van der Waals surface area contributed by atoms with Crippen LogP contribution in [0.2, 0.25) is 5.02 Å². The van der Waals surface area contributed by atoms with Gasteiger partial charge >= 0.3 is 0 Å². The molecule has 0 aliphatic rings. The van der Waals surface area contributed by atoms with Crippen LogP contribution in [0, 0.1) is 5.82 Å². The van der Waals surface area contributed by atoms with Crippen molar-refractivity contribution < 1.29 is 4.39 Å². The SMILES string of the molecule is Fc1ccccc1Sc1ncc(Cl)cc1Br. The van der Waals surface area contributed by atoms with Crippen molar-refractivity contribution in [2.45, 2.75) is 9.92 Å². The fourth-order valence-corrected chi connectivity index (χ4v) is 2.77. The lowest BCUT2D eigenvalue weighted by Gasteiger charge is -2.04. The Bertz CT molecular complexity index is 521. The van der Waals surface area contributed by atoms with Gasteiger partial charge in [0.1, 0.15) is 10.8 Å². The van der Waals surface area contributed by atoms with Crippen LogP contribution in [0.1, 0.15) is 0 Å². The van der Waals surface area contributed by atoms with E-state index in [9.17, 15) is 4.39 Å². The molecule has 0 atom stereocenters. The molecule has 2 aromatic rings. The first-order chi connectivity index (χ1) is 7.66. The molecule has 2 rings (SSSR count). The molecule has 0 radical (unpaired) electrons. The van der Waals surface area contributed by atoms with E-state index in [4.69, 9.17) is 11.6 Å². The van der Waals surface area contributed by atoms with Gasteiger partial charge in [0.2, 0.25) is 0 Å². The lowest BCUT2D eigenvalue weighted by atomic mass is 10.3. The highest BCUT2D eigenvalue weighted by atomic mass is 79.9. The van der Waals surface area contributed by atoms with Crippen molar-refractivity contribution in [2.75, 3.05) is 0 Å². The average Bonchev–Trinajstić information content (AvgIpc) is 2.25. The molecule has 0 saturated heterocycles. The number of pyridine rings is 1. The van der Waals surface area contributed by atoms with Gasteiger partial charge in [0.25, 0.3) is 0 Å². The van der Waals surface area contributed by atoms with Gasteiger partial charge in [-0.15, -0.1) is 0 Å². The Balaban J connectivity index is 2.31. The smallest absolute Gasteiger partial charge is 0.137 e. The van der Waals surface area contributed by atoms with Crippen LogP contribution in [-0.2, 0) is 0 Å². The van der Waals surface area contributed by atoms with Gasteiger partial charge < -0.3 is 0 Å². The topological polar surface area (TPSA) is 12.9 Å². The van der Waals surface area contributed by atoms with E-state index in [0.717, 1.165) is 4.47 Å². The molecule has 0 spiro atoms. The summed E-state index contributed by atoms with van der Waals surface area (Å²) in [6.07, 6.45) is 1.54. The van der Waals surface area contributed by atoms with Gasteiger partial charge in [0, 0.05) is 11.1 Å². The number of hydrogen-bond acceptors (Lipinski definition) is 2. The zero-order chi connectivity index (χ0) is 11.5. The first kappa shape index (κ1) is 11.9. The standard InChI is InChI=1S/C11H6BrClFNS/c12-8-5-7(13)6-15-11(8)16-10-4-2-1-3-9(10)14/h1-6H. The van der Waals surface area contributed by atoms with Crippen molar-refractivity contribution in [1.29, 1.82) is 0 Å². The van der Waals surface area contributed by atoms with Gasteiger partial charge in [0.15, 0.2) is 0 Å². The Morgan fingerprint density at radius 3 is 2.75 bits per heavy atom. The molecule has 1 nitrogen and oxygen atoms in total. The molecule has 16 heavy (non-hydrogen) atoms. The summed E-state index contributed by atoms with van der Waals surface area (Å²) in [5.74, 6) is -0.254. The van der Waals surface area contributed by atoms with Crippen molar-refractivity contribution >= 4 is 39.3 Å².